The number of nitrogens with zero attached hydrogens (tertiary/aromatic N) is 13. The fourth-order valence-corrected chi connectivity index (χ4v) is 7.21. The summed E-state index contributed by atoms with van der Waals surface area (Å²) in [6.45, 7) is 18.1. The van der Waals surface area contributed by atoms with Crippen molar-refractivity contribution in [2.75, 3.05) is 60.5 Å². The van der Waals surface area contributed by atoms with Crippen molar-refractivity contribution in [3.05, 3.63) is 72.1 Å². The molecule has 2 saturated heterocycles. The second kappa shape index (κ2) is 24.4. The zero-order valence-electron chi connectivity index (χ0n) is 42.1. The molecule has 5 aromatic rings. The van der Waals surface area contributed by atoms with Crippen LogP contribution >= 0.6 is 0 Å². The van der Waals surface area contributed by atoms with Gasteiger partial charge in [-0.05, 0) is 92.9 Å². The van der Waals surface area contributed by atoms with Gasteiger partial charge in [0.2, 0.25) is 0 Å². The summed E-state index contributed by atoms with van der Waals surface area (Å²) >= 11 is 0. The lowest BCUT2D eigenvalue weighted by Crippen LogP contribution is -2.42. The Hall–Kier alpha value is -8.74. The van der Waals surface area contributed by atoms with Crippen LogP contribution < -0.4 is 27.0 Å². The van der Waals surface area contributed by atoms with Gasteiger partial charge in [-0.3, -0.25) is 0 Å². The van der Waals surface area contributed by atoms with E-state index in [1.165, 1.54) is 37.9 Å². The van der Waals surface area contributed by atoms with Gasteiger partial charge in [-0.2, -0.15) is 15.5 Å². The van der Waals surface area contributed by atoms with Crippen LogP contribution in [0.15, 0.2) is 59.0 Å². The molecule has 0 aromatic carbocycles. The third kappa shape index (κ3) is 16.7. The minimum Gasteiger partial charge on any atom is -0.444 e. The number of aromatic nitrogens is 8. The molecule has 0 radical (unpaired) electrons. The molecule has 0 spiro atoms. The second-order valence-corrected chi connectivity index (χ2v) is 19.1. The Morgan fingerprint density at radius 3 is 1.60 bits per heavy atom. The topological polar surface area (TPSA) is 336 Å². The number of carbonyl (C=O) groups is 3. The van der Waals surface area contributed by atoms with Gasteiger partial charge in [-0.25, -0.2) is 44.3 Å². The first-order valence-electron chi connectivity index (χ1n) is 23.5. The Morgan fingerprint density at radius 2 is 1.18 bits per heavy atom. The number of carbonyl (C=O) groups excluding carboxylic acids is 3. The monoisotopic (exact) mass is 1000 g/mol. The van der Waals surface area contributed by atoms with Crippen molar-refractivity contribution in [3.8, 4) is 23.6 Å². The molecule has 73 heavy (non-hydrogen) atoms. The first kappa shape index (κ1) is 53.6. The predicted octanol–water partition coefficient (Wildman–Crippen LogP) is 6.90. The zero-order valence-corrected chi connectivity index (χ0v) is 42.1. The molecule has 5 aromatic heterocycles. The average molecular weight is 1000 g/mol. The molecule has 2 amide bonds. The van der Waals surface area contributed by atoms with Gasteiger partial charge in [0.25, 0.3) is 5.89 Å². The second-order valence-electron chi connectivity index (χ2n) is 19.1. The normalized spacial score (nSPS) is 14.4. The average Bonchev–Trinajstić information content (AvgIpc) is 3.80. The summed E-state index contributed by atoms with van der Waals surface area (Å²) in [6, 6.07) is 7.33. The number of hydrogen-bond donors (Lipinski definition) is 5. The molecular weight excluding hydrogens is 941 g/mol. The SMILES string of the molecule is C/C(N)=N\OC(=O)c1cnc(Nc2cnc(C#N)cn2)cc1NCC1CCN(C(=O)OC(C)(C)C)CC1.Cc1noc(-c2cnc(Nc3cnc(C#N)cn3)cc2NCC2CCN(C(=O)OC(C)(C)C)CC2)n1. The first-order valence-corrected chi connectivity index (χ1v) is 23.5. The van der Waals surface area contributed by atoms with Gasteiger partial charge in [0.05, 0.1) is 41.7 Å². The van der Waals surface area contributed by atoms with Crippen molar-refractivity contribution in [2.24, 2.45) is 22.7 Å². The van der Waals surface area contributed by atoms with Gasteiger partial charge in [0.1, 0.15) is 58.0 Å². The highest BCUT2D eigenvalue weighted by Gasteiger charge is 2.29. The van der Waals surface area contributed by atoms with Gasteiger partial charge < -0.3 is 55.6 Å². The lowest BCUT2D eigenvalue weighted by atomic mass is 9.97. The Bertz CT molecular complexity index is 2790. The van der Waals surface area contributed by atoms with E-state index < -0.39 is 17.2 Å². The van der Waals surface area contributed by atoms with Crippen LogP contribution in [0, 0.1) is 41.4 Å². The number of nitriles is 2. The van der Waals surface area contributed by atoms with Crippen molar-refractivity contribution < 1.29 is 33.2 Å². The summed E-state index contributed by atoms with van der Waals surface area (Å²) in [6.07, 6.45) is 11.3. The van der Waals surface area contributed by atoms with E-state index in [0.717, 1.165) is 31.4 Å². The van der Waals surface area contributed by atoms with E-state index >= 15 is 0 Å². The van der Waals surface area contributed by atoms with Crippen LogP contribution in [0.3, 0.4) is 0 Å². The first-order chi connectivity index (χ1) is 34.7. The smallest absolute Gasteiger partial charge is 0.410 e. The lowest BCUT2D eigenvalue weighted by molar-refractivity contribution is 0.0177. The highest BCUT2D eigenvalue weighted by Crippen LogP contribution is 2.31. The molecule has 6 N–H and O–H groups in total. The summed E-state index contributed by atoms with van der Waals surface area (Å²) in [7, 11) is 0. The van der Waals surface area contributed by atoms with Crippen molar-refractivity contribution in [1.29, 1.82) is 10.5 Å². The molecule has 0 atom stereocenters. The minimum atomic E-state index is -0.718. The zero-order chi connectivity index (χ0) is 52.7. The molecule has 0 aliphatic carbocycles. The van der Waals surface area contributed by atoms with Gasteiger partial charge in [-0.15, -0.1) is 0 Å². The van der Waals surface area contributed by atoms with E-state index in [9.17, 15) is 14.4 Å². The van der Waals surface area contributed by atoms with E-state index in [4.69, 9.17) is 35.1 Å². The van der Waals surface area contributed by atoms with E-state index in [2.05, 4.69) is 66.5 Å². The van der Waals surface area contributed by atoms with E-state index in [1.54, 1.807) is 29.0 Å². The Kier molecular flexibility index (Phi) is 17.9. The maximum Gasteiger partial charge on any atom is 0.410 e. The maximum absolute atomic E-state index is 12.6. The van der Waals surface area contributed by atoms with Gasteiger partial charge in [-0.1, -0.05) is 10.3 Å². The highest BCUT2D eigenvalue weighted by atomic mass is 16.7. The highest BCUT2D eigenvalue weighted by molar-refractivity contribution is 5.96. The number of nitrogens with one attached hydrogen (secondary N) is 4. The third-order valence-corrected chi connectivity index (χ3v) is 10.8. The molecule has 2 aliphatic heterocycles. The van der Waals surface area contributed by atoms with Crippen molar-refractivity contribution in [3.63, 3.8) is 0 Å². The van der Waals surface area contributed by atoms with Gasteiger partial charge >= 0.3 is 18.2 Å². The van der Waals surface area contributed by atoms with E-state index in [0.29, 0.717) is 91.4 Å². The molecule has 2 fully saturated rings. The summed E-state index contributed by atoms with van der Waals surface area (Å²) in [4.78, 5) is 75.0. The number of anilines is 6. The molecule has 7 rings (SSSR count). The number of oxime groups is 1. The van der Waals surface area contributed by atoms with Crippen LogP contribution in [0.25, 0.3) is 11.5 Å². The summed E-state index contributed by atoms with van der Waals surface area (Å²) < 4.78 is 16.3. The number of amides is 2. The molecule has 25 nitrogen and oxygen atoms in total. The van der Waals surface area contributed by atoms with Gasteiger partial charge in [0.15, 0.2) is 17.2 Å². The number of amidine groups is 1. The Morgan fingerprint density at radius 1 is 0.712 bits per heavy atom. The van der Waals surface area contributed by atoms with E-state index in [-0.39, 0.29) is 40.9 Å². The van der Waals surface area contributed by atoms with Crippen LogP contribution in [-0.4, -0.2) is 124 Å². The number of rotatable bonds is 13. The molecule has 0 bridgehead atoms. The minimum absolute atomic E-state index is 0.102. The van der Waals surface area contributed by atoms with Crippen LogP contribution in [0.4, 0.5) is 44.2 Å². The number of hydrogen-bond acceptors (Lipinski definition) is 22. The largest absolute Gasteiger partial charge is 0.444 e. The third-order valence-electron chi connectivity index (χ3n) is 10.8. The molecule has 0 saturated carbocycles. The summed E-state index contributed by atoms with van der Waals surface area (Å²) in [5.41, 5.74) is 6.95. The number of ether oxygens (including phenoxy) is 2. The fraction of sp³-hybridized carbons (Fsp3) is 0.458. The molecule has 2 aliphatic rings. The predicted molar refractivity (Wildman–Crippen MR) is 267 cm³/mol. The standard InChI is InChI=1S/C24H31N9O4.C24H29N9O3/c1-15(26)32-37-22(34)18-13-30-20(31-21-14-27-17(10-25)12-29-21)9-19(18)28-11-16-5-7-33(8-6-16)23(35)36-24(2,3)4;1-15-30-22(36-32-15)18-13-29-20(31-21-14-26-17(10-25)12-28-21)9-19(18)27-11-16-5-7-33(8-6-16)23(34)35-24(2,3)4/h9,12-14,16H,5-8,11H2,1-4H3,(H2,26,32)(H2,28,29,30,31);9,12-14,16H,5-8,11H2,1-4H3,(H2,27,28,29,31). The fourth-order valence-electron chi connectivity index (χ4n) is 7.21. The van der Waals surface area contributed by atoms with Crippen molar-refractivity contribution in [1.82, 2.24) is 49.8 Å². The number of aryl methyl sites for hydroxylation is 1. The summed E-state index contributed by atoms with van der Waals surface area (Å²) in [5.74, 6) is 2.69. The number of nitrogens with two attached hydrogens (primary N) is 1. The molecule has 7 heterocycles. The van der Waals surface area contributed by atoms with Crippen LogP contribution in [0.5, 0.6) is 0 Å². The molecular formula is C48H60N18O7. The van der Waals surface area contributed by atoms with Gasteiger partial charge in [0, 0.05) is 63.8 Å². The summed E-state index contributed by atoms with van der Waals surface area (Å²) in [5, 5.41) is 38.1. The Labute approximate surface area is 422 Å². The molecule has 0 unspecified atom stereocenters. The lowest BCUT2D eigenvalue weighted by Gasteiger charge is -2.33. The van der Waals surface area contributed by atoms with Crippen LogP contribution in [-0.2, 0) is 14.3 Å². The molecule has 384 valence electrons. The molecule has 25 heteroatoms. The maximum atomic E-state index is 12.6. The van der Waals surface area contributed by atoms with Crippen LogP contribution in [0.1, 0.15) is 102 Å². The van der Waals surface area contributed by atoms with Crippen LogP contribution in [0.2, 0.25) is 0 Å². The van der Waals surface area contributed by atoms with E-state index in [1.807, 2.05) is 59.7 Å². The number of pyridine rings is 2. The van der Waals surface area contributed by atoms with Crippen molar-refractivity contribution in [2.45, 2.75) is 92.3 Å². The van der Waals surface area contributed by atoms with Crippen molar-refractivity contribution >= 4 is 58.6 Å². The number of piperidine rings is 2. The Balaban J connectivity index is 0.000000238. The number of likely N-dealkylation sites (tertiary alicyclic amines) is 2. The quantitative estimate of drug-likeness (QED) is 0.0346.